The smallest absolute Gasteiger partial charge is 0.227 e. The third kappa shape index (κ3) is 4.72. The Bertz CT molecular complexity index is 803. The van der Waals surface area contributed by atoms with Crippen LogP contribution in [0.15, 0.2) is 48.5 Å². The minimum Gasteiger partial charge on any atom is -0.340 e. The second-order valence-electron chi connectivity index (χ2n) is 6.85. The predicted molar refractivity (Wildman–Crippen MR) is 102 cm³/mol. The number of halogens is 1. The predicted octanol–water partition coefficient (Wildman–Crippen LogP) is 3.34. The highest BCUT2D eigenvalue weighted by Crippen LogP contribution is 2.22. The van der Waals surface area contributed by atoms with E-state index in [9.17, 15) is 14.4 Å². The molecule has 0 bridgehead atoms. The fourth-order valence-electron chi connectivity index (χ4n) is 3.42. The van der Waals surface area contributed by atoms with E-state index in [1.165, 1.54) is 17.7 Å². The number of carbonyl (C=O) groups is 1. The lowest BCUT2D eigenvalue weighted by molar-refractivity contribution is -0.132. The molecule has 1 fully saturated rings. The van der Waals surface area contributed by atoms with Crippen LogP contribution in [0.25, 0.3) is 0 Å². The Hall–Kier alpha value is -2.71. The second-order valence-corrected chi connectivity index (χ2v) is 6.85. The average Bonchev–Trinajstić information content (AvgIpc) is 2.71. The number of piperazine rings is 1. The van der Waals surface area contributed by atoms with Gasteiger partial charge in [0.05, 0.1) is 12.5 Å². The van der Waals surface area contributed by atoms with Crippen LogP contribution in [0.5, 0.6) is 0 Å². The quantitative estimate of drug-likeness (QED) is 0.816. The summed E-state index contributed by atoms with van der Waals surface area (Å²) in [4.78, 5) is 16.4. The third-order valence-electron chi connectivity index (χ3n) is 5.13. The first-order valence-electron chi connectivity index (χ1n) is 9.35. The maximum Gasteiger partial charge on any atom is 0.227 e. The van der Waals surface area contributed by atoms with E-state index in [-0.39, 0.29) is 24.2 Å². The monoisotopic (exact) mass is 365 g/mol. The second kappa shape index (κ2) is 8.79. The van der Waals surface area contributed by atoms with E-state index in [0.717, 1.165) is 17.5 Å². The molecule has 140 valence electrons. The fraction of sp³-hybridized carbons (Fsp3) is 0.364. The van der Waals surface area contributed by atoms with Gasteiger partial charge in [-0.15, -0.1) is 0 Å². The van der Waals surface area contributed by atoms with Gasteiger partial charge in [0.1, 0.15) is 11.9 Å². The summed E-state index contributed by atoms with van der Waals surface area (Å²) in [6.07, 6.45) is 1.26. The molecule has 2 aromatic rings. The highest BCUT2D eigenvalue weighted by atomic mass is 19.1. The van der Waals surface area contributed by atoms with Crippen molar-refractivity contribution in [1.82, 2.24) is 9.80 Å². The largest absolute Gasteiger partial charge is 0.340 e. The molecule has 1 aliphatic rings. The summed E-state index contributed by atoms with van der Waals surface area (Å²) in [5, 5.41) is 9.65. The molecule has 5 heteroatoms. The summed E-state index contributed by atoms with van der Waals surface area (Å²) >= 11 is 0. The summed E-state index contributed by atoms with van der Waals surface area (Å²) in [5.74, 6) is -0.253. The Morgan fingerprint density at radius 2 is 1.63 bits per heavy atom. The minimum absolute atomic E-state index is 0.0436. The van der Waals surface area contributed by atoms with E-state index < -0.39 is 0 Å². The van der Waals surface area contributed by atoms with Crippen molar-refractivity contribution in [1.29, 1.82) is 5.26 Å². The molecule has 1 saturated heterocycles. The molecule has 0 aromatic heterocycles. The first-order valence-corrected chi connectivity index (χ1v) is 9.35. The summed E-state index contributed by atoms with van der Waals surface area (Å²) in [6, 6.07) is 16.4. The Kier molecular flexibility index (Phi) is 6.20. The molecule has 0 saturated carbocycles. The first-order chi connectivity index (χ1) is 13.1. The van der Waals surface area contributed by atoms with Crippen LogP contribution in [-0.4, -0.2) is 41.9 Å². The third-order valence-corrected chi connectivity index (χ3v) is 5.13. The van der Waals surface area contributed by atoms with Crippen molar-refractivity contribution in [3.05, 3.63) is 71.0 Å². The topological polar surface area (TPSA) is 47.3 Å². The van der Waals surface area contributed by atoms with Crippen LogP contribution in [0.2, 0.25) is 0 Å². The lowest BCUT2D eigenvalue weighted by Gasteiger charge is -2.37. The molecule has 4 nitrogen and oxygen atoms in total. The van der Waals surface area contributed by atoms with Gasteiger partial charge >= 0.3 is 0 Å². The molecule has 1 unspecified atom stereocenters. The van der Waals surface area contributed by atoms with Gasteiger partial charge in [-0.2, -0.15) is 5.26 Å². The maximum absolute atomic E-state index is 13.0. The molecule has 1 heterocycles. The molecule has 0 spiro atoms. The van der Waals surface area contributed by atoms with E-state index in [2.05, 4.69) is 30.0 Å². The van der Waals surface area contributed by atoms with Crippen molar-refractivity contribution in [3.8, 4) is 6.07 Å². The van der Waals surface area contributed by atoms with Crippen molar-refractivity contribution < 1.29 is 9.18 Å². The Morgan fingerprint density at radius 1 is 1.04 bits per heavy atom. The molecule has 1 aliphatic heterocycles. The van der Waals surface area contributed by atoms with Gasteiger partial charge in [-0.1, -0.05) is 43.3 Å². The van der Waals surface area contributed by atoms with Crippen LogP contribution in [0, 0.1) is 17.1 Å². The van der Waals surface area contributed by atoms with Crippen molar-refractivity contribution in [2.45, 2.75) is 25.8 Å². The first kappa shape index (κ1) is 19.1. The maximum atomic E-state index is 13.0. The molecule has 0 radical (unpaired) electrons. The molecular weight excluding hydrogens is 341 g/mol. The van der Waals surface area contributed by atoms with E-state index in [0.29, 0.717) is 26.2 Å². The molecule has 1 atom stereocenters. The molecule has 0 N–H and O–H groups in total. The van der Waals surface area contributed by atoms with E-state index in [1.807, 2.05) is 17.0 Å². The van der Waals surface area contributed by atoms with Crippen LogP contribution in [0.3, 0.4) is 0 Å². The summed E-state index contributed by atoms with van der Waals surface area (Å²) in [6.45, 7) is 4.65. The van der Waals surface area contributed by atoms with Crippen molar-refractivity contribution in [2.75, 3.05) is 26.2 Å². The lowest BCUT2D eigenvalue weighted by Crippen LogP contribution is -2.49. The van der Waals surface area contributed by atoms with Crippen LogP contribution in [0.4, 0.5) is 4.39 Å². The number of rotatable bonds is 5. The molecule has 0 aliphatic carbocycles. The van der Waals surface area contributed by atoms with Gasteiger partial charge in [0.2, 0.25) is 5.91 Å². The fourth-order valence-corrected chi connectivity index (χ4v) is 3.42. The zero-order chi connectivity index (χ0) is 19.2. The summed E-state index contributed by atoms with van der Waals surface area (Å²) in [5.41, 5.74) is 3.07. The molecule has 3 rings (SSSR count). The van der Waals surface area contributed by atoms with Crippen molar-refractivity contribution in [3.63, 3.8) is 0 Å². The average molecular weight is 365 g/mol. The molecule has 1 amide bonds. The van der Waals surface area contributed by atoms with Gasteiger partial charge in [-0.25, -0.2) is 4.39 Å². The van der Waals surface area contributed by atoms with Gasteiger partial charge in [-0.05, 0) is 35.2 Å². The molecule has 27 heavy (non-hydrogen) atoms. The number of hydrogen-bond donors (Lipinski definition) is 0. The number of nitrogens with zero attached hydrogens (tertiary/aromatic N) is 3. The number of aryl methyl sites for hydroxylation is 1. The van der Waals surface area contributed by atoms with Gasteiger partial charge in [0, 0.05) is 26.2 Å². The van der Waals surface area contributed by atoms with E-state index in [1.54, 1.807) is 12.1 Å². The van der Waals surface area contributed by atoms with Crippen molar-refractivity contribution >= 4 is 5.91 Å². The Balaban J connectivity index is 1.57. The Labute approximate surface area is 159 Å². The van der Waals surface area contributed by atoms with Gasteiger partial charge in [0.25, 0.3) is 0 Å². The van der Waals surface area contributed by atoms with E-state index in [4.69, 9.17) is 0 Å². The molecule has 2 aromatic carbocycles. The number of hydrogen-bond acceptors (Lipinski definition) is 3. The van der Waals surface area contributed by atoms with Crippen LogP contribution < -0.4 is 0 Å². The minimum atomic E-state index is -0.297. The standard InChI is InChI=1S/C22H24FN3O/c1-2-17-3-7-19(8-4-17)21(16-24)25-11-13-26(14-12-25)22(27)15-18-5-9-20(23)10-6-18/h3-10,21H,2,11-15H2,1H3. The number of amides is 1. The zero-order valence-electron chi connectivity index (χ0n) is 15.6. The van der Waals surface area contributed by atoms with E-state index >= 15 is 0 Å². The number of carbonyl (C=O) groups excluding carboxylic acids is 1. The van der Waals surface area contributed by atoms with Crippen LogP contribution >= 0.6 is 0 Å². The normalized spacial score (nSPS) is 16.0. The zero-order valence-corrected chi connectivity index (χ0v) is 15.6. The van der Waals surface area contributed by atoms with Gasteiger partial charge in [0.15, 0.2) is 0 Å². The van der Waals surface area contributed by atoms with Gasteiger partial charge < -0.3 is 4.90 Å². The number of nitriles is 1. The lowest BCUT2D eigenvalue weighted by atomic mass is 10.0. The van der Waals surface area contributed by atoms with Crippen molar-refractivity contribution in [2.24, 2.45) is 0 Å². The Morgan fingerprint density at radius 3 is 2.19 bits per heavy atom. The number of benzene rings is 2. The summed E-state index contributed by atoms with van der Waals surface area (Å²) in [7, 11) is 0. The molecular formula is C22H24FN3O. The SMILES string of the molecule is CCc1ccc(C(C#N)N2CCN(C(=O)Cc3ccc(F)cc3)CC2)cc1. The van der Waals surface area contributed by atoms with Crippen LogP contribution in [0.1, 0.15) is 29.7 Å². The highest BCUT2D eigenvalue weighted by Gasteiger charge is 2.27. The highest BCUT2D eigenvalue weighted by molar-refractivity contribution is 5.78. The van der Waals surface area contributed by atoms with Gasteiger partial charge in [-0.3, -0.25) is 9.69 Å². The summed E-state index contributed by atoms with van der Waals surface area (Å²) < 4.78 is 13.0. The van der Waals surface area contributed by atoms with Crippen LogP contribution in [-0.2, 0) is 17.6 Å².